The van der Waals surface area contributed by atoms with E-state index in [0.29, 0.717) is 10.9 Å². The van der Waals surface area contributed by atoms with E-state index in [-0.39, 0.29) is 24.1 Å². The summed E-state index contributed by atoms with van der Waals surface area (Å²) >= 11 is 1.31. The summed E-state index contributed by atoms with van der Waals surface area (Å²) in [6, 6.07) is 0. The van der Waals surface area contributed by atoms with Crippen LogP contribution in [0.25, 0.3) is 5.13 Å². The van der Waals surface area contributed by atoms with Crippen LogP contribution < -0.4 is 9.88 Å². The highest BCUT2D eigenvalue weighted by Crippen LogP contribution is 2.60. The fraction of sp³-hybridized carbons (Fsp3) is 0.536. The van der Waals surface area contributed by atoms with Crippen molar-refractivity contribution in [2.75, 3.05) is 6.61 Å². The number of aromatic nitrogens is 3. The van der Waals surface area contributed by atoms with Crippen LogP contribution in [-0.4, -0.2) is 46.1 Å². The summed E-state index contributed by atoms with van der Waals surface area (Å²) in [5.74, 6) is 0.304. The number of nitrogens with two attached hydrogens (primary N) is 1. The molecule has 4 aliphatic rings. The Morgan fingerprint density at radius 2 is 1.95 bits per heavy atom. The topological polar surface area (TPSA) is 126 Å². The van der Waals surface area contributed by atoms with E-state index >= 15 is 0 Å². The third-order valence-corrected chi connectivity index (χ3v) is 11.2. The zero-order valence-corrected chi connectivity index (χ0v) is 24.5. The summed E-state index contributed by atoms with van der Waals surface area (Å²) in [4.78, 5) is 17.0. The van der Waals surface area contributed by atoms with Crippen molar-refractivity contribution < 1.29 is 22.7 Å². The molecule has 0 amide bonds. The Hall–Kier alpha value is -2.76. The van der Waals surface area contributed by atoms with Gasteiger partial charge in [0.1, 0.15) is 21.7 Å². The zero-order chi connectivity index (χ0) is 28.0. The van der Waals surface area contributed by atoms with E-state index in [2.05, 4.69) is 24.1 Å². The first-order chi connectivity index (χ1) is 18.3. The number of nitrogens with zero attached hydrogens (tertiary/aromatic N) is 3. The Labute approximate surface area is 232 Å². The molecular weight excluding hydrogens is 536 g/mol. The molecule has 4 atom stereocenters. The number of esters is 1. The van der Waals surface area contributed by atoms with E-state index in [4.69, 9.17) is 19.7 Å². The molecule has 3 aliphatic carbocycles. The lowest BCUT2D eigenvalue weighted by Gasteiger charge is -2.53. The summed E-state index contributed by atoms with van der Waals surface area (Å²) in [5, 5.41) is 13.2. The largest absolute Gasteiger partial charge is 0.475 e. The predicted molar refractivity (Wildman–Crippen MR) is 149 cm³/mol. The number of rotatable bonds is 5. The molecule has 4 unspecified atom stereocenters. The molecule has 11 heteroatoms. The van der Waals surface area contributed by atoms with Gasteiger partial charge in [0.25, 0.3) is 0 Å². The molecule has 2 aromatic rings. The minimum atomic E-state index is -3.99. The molecule has 2 N–H and O–H groups in total. The van der Waals surface area contributed by atoms with E-state index < -0.39 is 31.8 Å². The molecule has 2 aromatic heterocycles. The average molecular weight is 571 g/mol. The maximum Gasteiger partial charge on any atom is 0.357 e. The van der Waals surface area contributed by atoms with Crippen LogP contribution in [0.3, 0.4) is 0 Å². The van der Waals surface area contributed by atoms with Crippen molar-refractivity contribution >= 4 is 27.3 Å². The smallest absolute Gasteiger partial charge is 0.357 e. The molecule has 9 nitrogen and oxygen atoms in total. The monoisotopic (exact) mass is 570 g/mol. The molecule has 1 fully saturated rings. The third kappa shape index (κ3) is 3.65. The first-order valence-electron chi connectivity index (χ1n) is 13.5. The minimum absolute atomic E-state index is 0.174. The van der Waals surface area contributed by atoms with Crippen molar-refractivity contribution in [1.82, 2.24) is 14.8 Å². The number of carbonyl (C=O) groups excluding carboxylic acids is 1. The summed E-state index contributed by atoms with van der Waals surface area (Å²) in [7, 11) is -3.99. The quantitative estimate of drug-likeness (QED) is 0.408. The number of fused-ring (bicyclic) bond motifs is 2. The summed E-state index contributed by atoms with van der Waals surface area (Å²) in [6.45, 7) is 9.75. The van der Waals surface area contributed by atoms with E-state index in [1.165, 1.54) is 11.3 Å². The van der Waals surface area contributed by atoms with Gasteiger partial charge in [-0.3, -0.25) is 0 Å². The standard InChI is InChI=1S/C28H34N4O5S2/c1-6-36-24(33)18-15-38-25(30-18)32-23-21(20(31-32)17-9-7-8-10-17)37-27(4)13-14-28(5,39(29,34)35)19-16(2)11-12-26(23,3)22(19)27/h11-17H,6-10H2,1-5H3,(H2,29,34,35). The molecule has 0 bridgehead atoms. The Morgan fingerprint density at radius 3 is 2.62 bits per heavy atom. The Morgan fingerprint density at radius 1 is 1.23 bits per heavy atom. The maximum absolute atomic E-state index is 13.0. The molecule has 1 aliphatic heterocycles. The maximum atomic E-state index is 13.0. The molecule has 208 valence electrons. The fourth-order valence-electron chi connectivity index (χ4n) is 6.98. The van der Waals surface area contributed by atoms with Crippen LogP contribution in [0.4, 0.5) is 0 Å². The highest BCUT2D eigenvalue weighted by Gasteiger charge is 2.59. The molecule has 1 saturated carbocycles. The van der Waals surface area contributed by atoms with Gasteiger partial charge in [-0.05, 0) is 63.7 Å². The minimum Gasteiger partial charge on any atom is -0.475 e. The summed E-state index contributed by atoms with van der Waals surface area (Å²) < 4.78 is 38.5. The van der Waals surface area contributed by atoms with Gasteiger partial charge in [-0.25, -0.2) is 28.0 Å². The van der Waals surface area contributed by atoms with Crippen LogP contribution in [0.1, 0.15) is 88.1 Å². The Kier molecular flexibility index (Phi) is 5.85. The van der Waals surface area contributed by atoms with Crippen molar-refractivity contribution in [3.63, 3.8) is 0 Å². The van der Waals surface area contributed by atoms with Crippen molar-refractivity contribution in [2.24, 2.45) is 11.1 Å². The normalized spacial score (nSPS) is 31.7. The number of thiazole rings is 1. The van der Waals surface area contributed by atoms with Gasteiger partial charge in [-0.2, -0.15) is 5.10 Å². The van der Waals surface area contributed by atoms with Gasteiger partial charge in [0, 0.05) is 11.3 Å². The zero-order valence-electron chi connectivity index (χ0n) is 22.9. The van der Waals surface area contributed by atoms with E-state index in [0.717, 1.165) is 48.2 Å². The first kappa shape index (κ1) is 26.5. The van der Waals surface area contributed by atoms with Crippen molar-refractivity contribution in [2.45, 2.75) is 82.0 Å². The van der Waals surface area contributed by atoms with E-state index in [9.17, 15) is 13.2 Å². The first-order valence-corrected chi connectivity index (χ1v) is 15.9. The van der Waals surface area contributed by atoms with Gasteiger partial charge in [0.05, 0.1) is 12.0 Å². The van der Waals surface area contributed by atoms with Crippen LogP contribution >= 0.6 is 11.3 Å². The van der Waals surface area contributed by atoms with Gasteiger partial charge in [0.2, 0.25) is 15.2 Å². The Balaban J connectivity index is 1.64. The molecule has 0 aromatic carbocycles. The predicted octanol–water partition coefficient (Wildman–Crippen LogP) is 4.69. The number of carbonyl (C=O) groups is 1. The molecule has 0 saturated heterocycles. The number of sulfonamides is 1. The van der Waals surface area contributed by atoms with Gasteiger partial charge in [-0.1, -0.05) is 38.0 Å². The summed E-state index contributed by atoms with van der Waals surface area (Å²) in [6.07, 6.45) is 12.0. The van der Waals surface area contributed by atoms with Crippen molar-refractivity contribution in [1.29, 1.82) is 0 Å². The fourth-order valence-corrected chi connectivity index (χ4v) is 8.58. The lowest BCUT2D eigenvalue weighted by Crippen LogP contribution is -2.56. The SMILES string of the molecule is CCOC(=O)c1csc(-n2nc(C3CCCC3)c3c2C2(C)C=CC(C)C4=C2C(C)(C=CC4(C)S(N)(=O)=O)O3)n1. The molecule has 6 rings (SSSR count). The van der Waals surface area contributed by atoms with Crippen LogP contribution in [0.2, 0.25) is 0 Å². The number of ether oxygens (including phenoxy) is 2. The number of hydrogen-bond acceptors (Lipinski definition) is 8. The molecular formula is C28H34N4O5S2. The second-order valence-electron chi connectivity index (χ2n) is 11.5. The van der Waals surface area contributed by atoms with Gasteiger partial charge in [0.15, 0.2) is 11.4 Å². The summed E-state index contributed by atoms with van der Waals surface area (Å²) in [5.41, 5.74) is 1.84. The lowest BCUT2D eigenvalue weighted by atomic mass is 9.59. The van der Waals surface area contributed by atoms with Gasteiger partial charge < -0.3 is 9.47 Å². The van der Waals surface area contributed by atoms with Crippen LogP contribution in [0, 0.1) is 5.92 Å². The van der Waals surface area contributed by atoms with Crippen LogP contribution in [0.15, 0.2) is 40.8 Å². The molecule has 0 spiro atoms. The molecule has 3 heterocycles. The molecule has 0 radical (unpaired) electrons. The lowest BCUT2D eigenvalue weighted by molar-refractivity contribution is 0.0520. The third-order valence-electron chi connectivity index (χ3n) is 8.88. The highest BCUT2D eigenvalue weighted by molar-refractivity contribution is 7.91. The second-order valence-corrected chi connectivity index (χ2v) is 14.3. The van der Waals surface area contributed by atoms with E-state index in [1.54, 1.807) is 30.0 Å². The van der Waals surface area contributed by atoms with Crippen LogP contribution in [-0.2, 0) is 20.2 Å². The highest BCUT2D eigenvalue weighted by atomic mass is 32.2. The molecule has 39 heavy (non-hydrogen) atoms. The average Bonchev–Trinajstić information content (AvgIpc) is 3.62. The van der Waals surface area contributed by atoms with E-state index in [1.807, 2.05) is 19.9 Å². The van der Waals surface area contributed by atoms with Gasteiger partial charge in [-0.15, -0.1) is 11.3 Å². The second kappa shape index (κ2) is 8.62. The van der Waals surface area contributed by atoms with Crippen molar-refractivity contribution in [3.05, 3.63) is 57.9 Å². The number of hydrogen-bond donors (Lipinski definition) is 1. The van der Waals surface area contributed by atoms with Crippen molar-refractivity contribution in [3.8, 4) is 10.9 Å². The number of allylic oxidation sites excluding steroid dienone is 2. The Bertz CT molecular complexity index is 1580. The van der Waals surface area contributed by atoms with Gasteiger partial charge >= 0.3 is 5.97 Å². The number of primary sulfonamides is 1. The van der Waals surface area contributed by atoms with Crippen LogP contribution in [0.5, 0.6) is 5.75 Å².